The lowest BCUT2D eigenvalue weighted by atomic mass is 10.1. The second-order valence-electron chi connectivity index (χ2n) is 6.77. The number of nitrogens with two attached hydrogens (primary N) is 1. The van der Waals surface area contributed by atoms with Crippen LogP contribution in [0.15, 0.2) is 18.2 Å². The average molecular weight is 408 g/mol. The van der Waals surface area contributed by atoms with E-state index in [-0.39, 0.29) is 36.8 Å². The summed E-state index contributed by atoms with van der Waals surface area (Å²) in [5.74, 6) is -0.0704. The molecule has 0 unspecified atom stereocenters. The summed E-state index contributed by atoms with van der Waals surface area (Å²) in [7, 11) is 1.69. The van der Waals surface area contributed by atoms with E-state index in [1.807, 2.05) is 4.90 Å². The highest BCUT2D eigenvalue weighted by molar-refractivity contribution is 5.76. The highest BCUT2D eigenvalue weighted by Gasteiger charge is 2.23. The van der Waals surface area contributed by atoms with E-state index in [1.54, 1.807) is 13.1 Å². The average Bonchev–Trinajstić information content (AvgIpc) is 3.04. The molecule has 1 aromatic heterocycles. The number of nitrogens with zero attached hydrogens (tertiary/aromatic N) is 3. The molecule has 1 fully saturated rings. The number of aromatic amines is 1. The maximum Gasteiger partial charge on any atom is 0.317 e. The molecule has 0 bridgehead atoms. The zero-order chi connectivity index (χ0) is 21.4. The lowest BCUT2D eigenvalue weighted by molar-refractivity contribution is -0.123. The van der Waals surface area contributed by atoms with E-state index in [9.17, 15) is 14.0 Å². The van der Waals surface area contributed by atoms with Crippen LogP contribution < -0.4 is 11.1 Å². The number of nitrogens with one attached hydrogen (secondary N) is 2. The Kier molecular flexibility index (Phi) is 7.89. The summed E-state index contributed by atoms with van der Waals surface area (Å²) >= 11 is 0. The smallest absolute Gasteiger partial charge is 0.317 e. The fourth-order valence-corrected chi connectivity index (χ4v) is 3.15. The van der Waals surface area contributed by atoms with Gasteiger partial charge in [0.2, 0.25) is 5.91 Å². The molecule has 0 atom stereocenters. The highest BCUT2D eigenvalue weighted by atomic mass is 19.1. The number of amides is 3. The number of carbonyl (C=O) groups excluding carboxylic acids is 2. The van der Waals surface area contributed by atoms with Crippen molar-refractivity contribution in [3.63, 3.8) is 0 Å². The Morgan fingerprint density at radius 3 is 2.72 bits per heavy atom. The van der Waals surface area contributed by atoms with Crippen molar-refractivity contribution in [3.8, 4) is 0 Å². The molecular formula is C18H25FN6O4. The van der Waals surface area contributed by atoms with Crippen molar-refractivity contribution >= 4 is 29.4 Å². The monoisotopic (exact) mass is 408 g/mol. The Bertz CT molecular complexity index is 850. The number of rotatable bonds is 5. The molecule has 2 heterocycles. The summed E-state index contributed by atoms with van der Waals surface area (Å²) in [5.41, 5.74) is 6.47. The van der Waals surface area contributed by atoms with Gasteiger partial charge in [0.15, 0.2) is 0 Å². The van der Waals surface area contributed by atoms with Crippen LogP contribution in [0.5, 0.6) is 0 Å². The maximum absolute atomic E-state index is 13.2. The van der Waals surface area contributed by atoms with Gasteiger partial charge in [0.05, 0.1) is 24.1 Å². The molecule has 2 aromatic rings. The van der Waals surface area contributed by atoms with Gasteiger partial charge in [-0.25, -0.2) is 14.2 Å². The predicted octanol–water partition coefficient (Wildman–Crippen LogP) is 0.494. The minimum atomic E-state index is -0.335. The largest absolute Gasteiger partial charge is 0.483 e. The zero-order valence-corrected chi connectivity index (χ0v) is 16.1. The van der Waals surface area contributed by atoms with Gasteiger partial charge in [-0.2, -0.15) is 0 Å². The number of hydrogen-bond acceptors (Lipinski definition) is 5. The molecule has 10 nitrogen and oxygen atoms in total. The minimum Gasteiger partial charge on any atom is -0.483 e. The van der Waals surface area contributed by atoms with Crippen molar-refractivity contribution in [1.29, 1.82) is 0 Å². The zero-order valence-electron chi connectivity index (χ0n) is 16.1. The van der Waals surface area contributed by atoms with E-state index < -0.39 is 0 Å². The molecule has 0 radical (unpaired) electrons. The Morgan fingerprint density at radius 2 is 2.10 bits per heavy atom. The van der Waals surface area contributed by atoms with Crippen LogP contribution in [0.4, 0.5) is 9.18 Å². The first-order valence-electron chi connectivity index (χ1n) is 9.06. The third-order valence-electron chi connectivity index (χ3n) is 4.52. The summed E-state index contributed by atoms with van der Waals surface area (Å²) in [6.07, 6.45) is 1.55. The van der Waals surface area contributed by atoms with E-state index >= 15 is 0 Å². The molecular weight excluding hydrogens is 383 g/mol. The van der Waals surface area contributed by atoms with Crippen molar-refractivity contribution in [2.24, 2.45) is 5.73 Å². The van der Waals surface area contributed by atoms with Crippen LogP contribution in [0, 0.1) is 5.82 Å². The van der Waals surface area contributed by atoms with Gasteiger partial charge in [0.1, 0.15) is 11.6 Å². The van der Waals surface area contributed by atoms with Crippen LogP contribution in [0.2, 0.25) is 0 Å². The lowest BCUT2D eigenvalue weighted by Crippen LogP contribution is -2.49. The number of piperidine rings is 1. The van der Waals surface area contributed by atoms with Crippen molar-refractivity contribution in [2.45, 2.75) is 25.4 Å². The SMILES string of the molecule is CN(Cc1nc2ccc(F)cc2[nH]1)C(=O)NC1CCN(CC(N)=O)CC1.O=CO. The molecule has 0 spiro atoms. The number of benzene rings is 1. The number of hydrogen-bond donors (Lipinski definition) is 4. The molecule has 29 heavy (non-hydrogen) atoms. The topological polar surface area (TPSA) is 145 Å². The number of urea groups is 1. The first kappa shape index (κ1) is 22.1. The predicted molar refractivity (Wildman–Crippen MR) is 103 cm³/mol. The third-order valence-corrected chi connectivity index (χ3v) is 4.52. The fraction of sp³-hybridized carbons (Fsp3) is 0.444. The van der Waals surface area contributed by atoms with Crippen LogP contribution in [0.25, 0.3) is 11.0 Å². The number of halogens is 1. The van der Waals surface area contributed by atoms with Crippen molar-refractivity contribution < 1.29 is 23.9 Å². The van der Waals surface area contributed by atoms with Crippen LogP contribution in [-0.2, 0) is 16.1 Å². The molecule has 0 aliphatic carbocycles. The molecule has 0 saturated carbocycles. The third kappa shape index (κ3) is 6.71. The highest BCUT2D eigenvalue weighted by Crippen LogP contribution is 2.14. The van der Waals surface area contributed by atoms with Crippen LogP contribution >= 0.6 is 0 Å². The number of carbonyl (C=O) groups is 3. The second-order valence-corrected chi connectivity index (χ2v) is 6.77. The summed E-state index contributed by atoms with van der Waals surface area (Å²) in [6.45, 7) is 1.76. The Labute approximate surface area is 166 Å². The lowest BCUT2D eigenvalue weighted by Gasteiger charge is -2.32. The van der Waals surface area contributed by atoms with Gasteiger partial charge in [0, 0.05) is 26.2 Å². The number of primary amides is 1. The normalized spacial score (nSPS) is 14.7. The van der Waals surface area contributed by atoms with E-state index in [1.165, 1.54) is 17.0 Å². The Hall–Kier alpha value is -3.21. The molecule has 1 aliphatic rings. The van der Waals surface area contributed by atoms with Gasteiger partial charge in [0.25, 0.3) is 6.47 Å². The molecule has 1 saturated heterocycles. The van der Waals surface area contributed by atoms with Crippen molar-refractivity contribution in [3.05, 3.63) is 29.8 Å². The van der Waals surface area contributed by atoms with Crippen LogP contribution in [0.3, 0.4) is 0 Å². The van der Waals surface area contributed by atoms with E-state index in [0.29, 0.717) is 23.4 Å². The number of imidazole rings is 1. The van der Waals surface area contributed by atoms with Crippen molar-refractivity contribution in [1.82, 2.24) is 25.1 Å². The molecule has 3 rings (SSSR count). The van der Waals surface area contributed by atoms with E-state index in [2.05, 4.69) is 15.3 Å². The molecule has 1 aliphatic heterocycles. The summed E-state index contributed by atoms with van der Waals surface area (Å²) < 4.78 is 13.2. The first-order chi connectivity index (χ1) is 13.8. The van der Waals surface area contributed by atoms with Gasteiger partial charge in [-0.1, -0.05) is 0 Å². The second kappa shape index (κ2) is 10.4. The number of fused-ring (bicyclic) bond motifs is 1. The number of aromatic nitrogens is 2. The van der Waals surface area contributed by atoms with Gasteiger partial charge in [-0.3, -0.25) is 14.5 Å². The number of likely N-dealkylation sites (tertiary alicyclic amines) is 1. The molecule has 11 heteroatoms. The summed E-state index contributed by atoms with van der Waals surface area (Å²) in [6, 6.07) is 4.22. The Balaban J connectivity index is 0.000000941. The van der Waals surface area contributed by atoms with Gasteiger partial charge >= 0.3 is 6.03 Å². The first-order valence-corrected chi connectivity index (χ1v) is 9.06. The fourth-order valence-electron chi connectivity index (χ4n) is 3.15. The van der Waals surface area contributed by atoms with Crippen LogP contribution in [0.1, 0.15) is 18.7 Å². The quantitative estimate of drug-likeness (QED) is 0.530. The standard InChI is InChI=1S/C17H23FN6O2.CH2O2/c1-23(10-16-21-13-3-2-11(18)8-14(13)22-16)17(26)20-12-4-6-24(7-5-12)9-15(19)25;2-1-3/h2-3,8,12H,4-7,9-10H2,1H3,(H2,19,25)(H,20,26)(H,21,22);1H,(H,2,3). The molecule has 3 amide bonds. The Morgan fingerprint density at radius 1 is 1.45 bits per heavy atom. The van der Waals surface area contributed by atoms with Crippen molar-refractivity contribution in [2.75, 3.05) is 26.7 Å². The van der Waals surface area contributed by atoms with Crippen LogP contribution in [-0.4, -0.2) is 76.0 Å². The van der Waals surface area contributed by atoms with E-state index in [4.69, 9.17) is 15.6 Å². The summed E-state index contributed by atoms with van der Waals surface area (Å²) in [5, 5.41) is 9.89. The number of carboxylic acid groups (broad SMARTS) is 1. The molecule has 158 valence electrons. The van der Waals surface area contributed by atoms with E-state index in [0.717, 1.165) is 25.9 Å². The summed E-state index contributed by atoms with van der Waals surface area (Å²) in [4.78, 5) is 42.6. The van der Waals surface area contributed by atoms with Gasteiger partial charge in [-0.05, 0) is 31.0 Å². The molecule has 5 N–H and O–H groups in total. The minimum absolute atomic E-state index is 0.0684. The van der Waals surface area contributed by atoms with Gasteiger partial charge < -0.3 is 26.0 Å². The number of H-pyrrole nitrogens is 1. The van der Waals surface area contributed by atoms with Gasteiger partial charge in [-0.15, -0.1) is 0 Å². The molecule has 1 aromatic carbocycles. The maximum atomic E-state index is 13.2.